The molecule has 1 saturated heterocycles. The van der Waals surface area contributed by atoms with Gasteiger partial charge >= 0.3 is 0 Å². The maximum Gasteiger partial charge on any atom is 0.150 e. The Labute approximate surface area is 158 Å². The van der Waals surface area contributed by atoms with Crippen molar-refractivity contribution in [3.8, 4) is 5.75 Å². The van der Waals surface area contributed by atoms with Gasteiger partial charge in [-0.2, -0.15) is 0 Å². The molecule has 2 fully saturated rings. The zero-order chi connectivity index (χ0) is 18.1. The van der Waals surface area contributed by atoms with E-state index in [2.05, 4.69) is 26.3 Å². The lowest BCUT2D eigenvalue weighted by molar-refractivity contribution is 0.170. The molecule has 3 aromatic heterocycles. The third-order valence-corrected chi connectivity index (χ3v) is 5.24. The van der Waals surface area contributed by atoms with E-state index < -0.39 is 0 Å². The van der Waals surface area contributed by atoms with Gasteiger partial charge < -0.3 is 15.0 Å². The maximum atomic E-state index is 6.09. The van der Waals surface area contributed by atoms with E-state index in [1.54, 1.807) is 12.4 Å². The summed E-state index contributed by atoms with van der Waals surface area (Å²) in [4.78, 5) is 15.6. The number of rotatable bonds is 5. The Morgan fingerprint density at radius 3 is 2.63 bits per heavy atom. The van der Waals surface area contributed by atoms with Crippen LogP contribution < -0.4 is 15.0 Å². The van der Waals surface area contributed by atoms with Gasteiger partial charge in [-0.25, -0.2) is 4.98 Å². The Hall–Kier alpha value is -2.89. The number of piperidine rings is 1. The van der Waals surface area contributed by atoms with E-state index >= 15 is 0 Å². The fourth-order valence-corrected chi connectivity index (χ4v) is 3.60. The summed E-state index contributed by atoms with van der Waals surface area (Å²) in [6, 6.07) is 8.73. The van der Waals surface area contributed by atoms with Crippen molar-refractivity contribution in [2.45, 2.75) is 37.8 Å². The summed E-state index contributed by atoms with van der Waals surface area (Å²) in [6.45, 7) is 1.92. The molecular weight excluding hydrogens is 338 g/mol. The minimum atomic E-state index is 0.239. The summed E-state index contributed by atoms with van der Waals surface area (Å²) in [6.07, 6.45) is 11.9. The molecule has 4 heterocycles. The van der Waals surface area contributed by atoms with Crippen molar-refractivity contribution in [2.75, 3.05) is 23.3 Å². The highest BCUT2D eigenvalue weighted by Crippen LogP contribution is 2.34. The Kier molecular flexibility index (Phi) is 4.24. The van der Waals surface area contributed by atoms with E-state index in [-0.39, 0.29) is 6.10 Å². The standard InChI is InChI=1S/C21H23N5O/c1-2-18(13-22-8-1)27-17-6-10-26(11-7-17)20-12-15-5-9-23-14-19(15)25-21(20)24-16-3-4-16/h1-2,5,8-9,12-14,16-17H,3-4,6-7,10-11H2,(H,24,25). The van der Waals surface area contributed by atoms with Crippen LogP contribution in [0.2, 0.25) is 0 Å². The maximum absolute atomic E-state index is 6.09. The van der Waals surface area contributed by atoms with Crippen LogP contribution in [-0.2, 0) is 0 Å². The van der Waals surface area contributed by atoms with Gasteiger partial charge in [-0.05, 0) is 37.1 Å². The first kappa shape index (κ1) is 16.3. The molecule has 1 N–H and O–H groups in total. The predicted octanol–water partition coefficient (Wildman–Crippen LogP) is 3.65. The molecule has 27 heavy (non-hydrogen) atoms. The zero-order valence-corrected chi connectivity index (χ0v) is 15.2. The molecule has 2 aliphatic rings. The molecule has 0 unspecified atom stereocenters. The Balaban J connectivity index is 1.34. The van der Waals surface area contributed by atoms with Crippen molar-refractivity contribution >= 4 is 22.4 Å². The summed E-state index contributed by atoms with van der Waals surface area (Å²) in [5.41, 5.74) is 2.14. The van der Waals surface area contributed by atoms with Gasteiger partial charge in [0.15, 0.2) is 5.82 Å². The topological polar surface area (TPSA) is 63.2 Å². The van der Waals surface area contributed by atoms with E-state index in [1.165, 1.54) is 18.5 Å². The smallest absolute Gasteiger partial charge is 0.150 e. The molecule has 6 heteroatoms. The molecule has 1 aliphatic heterocycles. The number of anilines is 2. The summed E-state index contributed by atoms with van der Waals surface area (Å²) in [7, 11) is 0. The summed E-state index contributed by atoms with van der Waals surface area (Å²) in [5.74, 6) is 1.84. The Morgan fingerprint density at radius 1 is 1.00 bits per heavy atom. The number of fused-ring (bicyclic) bond motifs is 1. The molecule has 3 aromatic rings. The number of aromatic nitrogens is 3. The average molecular weight is 361 g/mol. The second kappa shape index (κ2) is 7.02. The summed E-state index contributed by atoms with van der Waals surface area (Å²) in [5, 5.41) is 4.74. The van der Waals surface area contributed by atoms with Crippen LogP contribution in [0.3, 0.4) is 0 Å². The van der Waals surface area contributed by atoms with Crippen LogP contribution in [0.1, 0.15) is 25.7 Å². The molecule has 5 rings (SSSR count). The van der Waals surface area contributed by atoms with Gasteiger partial charge in [0.1, 0.15) is 11.9 Å². The molecule has 0 atom stereocenters. The first-order chi connectivity index (χ1) is 13.3. The number of hydrogen-bond acceptors (Lipinski definition) is 6. The van der Waals surface area contributed by atoms with Crippen LogP contribution in [0.25, 0.3) is 10.9 Å². The number of nitrogens with one attached hydrogen (secondary N) is 1. The minimum Gasteiger partial charge on any atom is -0.489 e. The highest BCUT2D eigenvalue weighted by Gasteiger charge is 2.27. The lowest BCUT2D eigenvalue weighted by atomic mass is 10.1. The van der Waals surface area contributed by atoms with Crippen LogP contribution in [-0.4, -0.2) is 40.2 Å². The van der Waals surface area contributed by atoms with Crippen molar-refractivity contribution in [3.63, 3.8) is 0 Å². The number of hydrogen-bond donors (Lipinski definition) is 1. The second-order valence-corrected chi connectivity index (χ2v) is 7.34. The molecule has 0 radical (unpaired) electrons. The normalized spacial score (nSPS) is 17.9. The van der Waals surface area contributed by atoms with Crippen molar-refractivity contribution in [1.82, 2.24) is 15.0 Å². The third kappa shape index (κ3) is 3.65. The van der Waals surface area contributed by atoms with Crippen LogP contribution in [0, 0.1) is 0 Å². The molecule has 138 valence electrons. The van der Waals surface area contributed by atoms with Gasteiger partial charge in [-0.3, -0.25) is 9.97 Å². The van der Waals surface area contributed by atoms with E-state index in [4.69, 9.17) is 9.72 Å². The molecule has 0 amide bonds. The fourth-order valence-electron chi connectivity index (χ4n) is 3.60. The molecule has 0 spiro atoms. The highest BCUT2D eigenvalue weighted by molar-refractivity contribution is 5.86. The first-order valence-corrected chi connectivity index (χ1v) is 9.68. The molecule has 0 aromatic carbocycles. The van der Waals surface area contributed by atoms with Gasteiger partial charge in [0, 0.05) is 49.8 Å². The van der Waals surface area contributed by atoms with E-state index in [0.717, 1.165) is 48.4 Å². The van der Waals surface area contributed by atoms with E-state index in [0.29, 0.717) is 6.04 Å². The van der Waals surface area contributed by atoms with Gasteiger partial charge in [-0.1, -0.05) is 0 Å². The van der Waals surface area contributed by atoms with Gasteiger partial charge in [0.2, 0.25) is 0 Å². The lowest BCUT2D eigenvalue weighted by Gasteiger charge is -2.34. The van der Waals surface area contributed by atoms with Crippen molar-refractivity contribution in [1.29, 1.82) is 0 Å². The Bertz CT molecular complexity index is 920. The number of pyridine rings is 3. The average Bonchev–Trinajstić information content (AvgIpc) is 3.53. The van der Waals surface area contributed by atoms with Gasteiger partial charge in [0.25, 0.3) is 0 Å². The fraction of sp³-hybridized carbons (Fsp3) is 0.381. The highest BCUT2D eigenvalue weighted by atomic mass is 16.5. The van der Waals surface area contributed by atoms with Gasteiger partial charge in [0.05, 0.1) is 23.6 Å². The van der Waals surface area contributed by atoms with Crippen molar-refractivity contribution in [3.05, 3.63) is 49.1 Å². The second-order valence-electron chi connectivity index (χ2n) is 7.34. The molecule has 0 bridgehead atoms. The van der Waals surface area contributed by atoms with Crippen LogP contribution >= 0.6 is 0 Å². The molecular formula is C21H23N5O. The minimum absolute atomic E-state index is 0.239. The monoisotopic (exact) mass is 361 g/mol. The van der Waals surface area contributed by atoms with Crippen LogP contribution in [0.4, 0.5) is 11.5 Å². The Morgan fingerprint density at radius 2 is 1.85 bits per heavy atom. The first-order valence-electron chi connectivity index (χ1n) is 9.68. The van der Waals surface area contributed by atoms with Gasteiger partial charge in [-0.15, -0.1) is 0 Å². The third-order valence-electron chi connectivity index (χ3n) is 5.24. The van der Waals surface area contributed by atoms with Crippen LogP contribution in [0.15, 0.2) is 49.1 Å². The SMILES string of the molecule is c1cncc(OC2CCN(c3cc4ccncc4nc3NC3CC3)CC2)c1. The largest absolute Gasteiger partial charge is 0.489 e. The van der Waals surface area contributed by atoms with Crippen molar-refractivity contribution in [2.24, 2.45) is 0 Å². The number of ether oxygens (including phenoxy) is 1. The quantitative estimate of drug-likeness (QED) is 0.748. The summed E-state index contributed by atoms with van der Waals surface area (Å²) >= 11 is 0. The molecule has 1 saturated carbocycles. The van der Waals surface area contributed by atoms with Crippen LogP contribution in [0.5, 0.6) is 5.75 Å². The molecule has 6 nitrogen and oxygen atoms in total. The zero-order valence-electron chi connectivity index (χ0n) is 15.2. The predicted molar refractivity (Wildman–Crippen MR) is 106 cm³/mol. The summed E-state index contributed by atoms with van der Waals surface area (Å²) < 4.78 is 6.09. The number of nitrogens with zero attached hydrogens (tertiary/aromatic N) is 4. The van der Waals surface area contributed by atoms with Crippen molar-refractivity contribution < 1.29 is 4.74 Å². The molecule has 1 aliphatic carbocycles. The van der Waals surface area contributed by atoms with E-state index in [1.807, 2.05) is 30.6 Å². The lowest BCUT2D eigenvalue weighted by Crippen LogP contribution is -2.38. The van der Waals surface area contributed by atoms with E-state index in [9.17, 15) is 0 Å².